The van der Waals surface area contributed by atoms with Crippen molar-refractivity contribution in [1.29, 1.82) is 5.26 Å². The third-order valence-electron chi connectivity index (χ3n) is 2.81. The molecule has 2 rings (SSSR count). The third-order valence-corrected chi connectivity index (χ3v) is 2.81. The zero-order valence-corrected chi connectivity index (χ0v) is 11.2. The lowest BCUT2D eigenvalue weighted by Gasteiger charge is -2.11. The number of pyridine rings is 1. The maximum atomic E-state index is 11.8. The van der Waals surface area contributed by atoms with Gasteiger partial charge in [0.25, 0.3) is 5.56 Å². The predicted molar refractivity (Wildman–Crippen MR) is 76.3 cm³/mol. The Hall–Kier alpha value is -2.87. The molecule has 1 aromatic carbocycles. The first-order valence-electron chi connectivity index (χ1n) is 6.04. The van der Waals surface area contributed by atoms with E-state index in [1.807, 2.05) is 6.07 Å². The maximum absolute atomic E-state index is 11.8. The number of anilines is 1. The van der Waals surface area contributed by atoms with Crippen LogP contribution in [-0.4, -0.2) is 10.9 Å². The van der Waals surface area contributed by atoms with Crippen LogP contribution in [0.25, 0.3) is 11.1 Å². The highest BCUT2D eigenvalue weighted by atomic mass is 16.1. The molecule has 20 heavy (non-hydrogen) atoms. The zero-order chi connectivity index (χ0) is 14.7. The van der Waals surface area contributed by atoms with Gasteiger partial charge in [0.15, 0.2) is 0 Å². The fourth-order valence-corrected chi connectivity index (χ4v) is 2.03. The molecule has 0 saturated carbocycles. The summed E-state index contributed by atoms with van der Waals surface area (Å²) < 4.78 is 0. The van der Waals surface area contributed by atoms with Crippen LogP contribution in [0.5, 0.6) is 0 Å². The van der Waals surface area contributed by atoms with Crippen LogP contribution in [-0.2, 0) is 4.79 Å². The number of para-hydroxylation sites is 1. The molecule has 0 aliphatic heterocycles. The first kappa shape index (κ1) is 13.6. The van der Waals surface area contributed by atoms with Gasteiger partial charge in [-0.15, -0.1) is 0 Å². The maximum Gasteiger partial charge on any atom is 0.266 e. The highest BCUT2D eigenvalue weighted by Gasteiger charge is 2.13. The summed E-state index contributed by atoms with van der Waals surface area (Å²) in [5.74, 6) is -0.211. The smallest absolute Gasteiger partial charge is 0.266 e. The molecule has 0 bridgehead atoms. The van der Waals surface area contributed by atoms with E-state index in [4.69, 9.17) is 5.26 Å². The summed E-state index contributed by atoms with van der Waals surface area (Å²) in [4.78, 5) is 25.7. The molecule has 0 saturated heterocycles. The number of aromatic amines is 1. The van der Waals surface area contributed by atoms with E-state index in [0.29, 0.717) is 22.5 Å². The van der Waals surface area contributed by atoms with E-state index in [1.165, 1.54) is 6.92 Å². The largest absolute Gasteiger partial charge is 0.326 e. The first-order chi connectivity index (χ1) is 9.52. The van der Waals surface area contributed by atoms with Gasteiger partial charge in [0.2, 0.25) is 5.91 Å². The number of H-pyrrole nitrogens is 1. The average molecular weight is 267 g/mol. The van der Waals surface area contributed by atoms with Gasteiger partial charge in [0, 0.05) is 29.4 Å². The summed E-state index contributed by atoms with van der Waals surface area (Å²) in [7, 11) is 0. The number of nitrogens with one attached hydrogen (secondary N) is 2. The molecule has 5 nitrogen and oxygen atoms in total. The van der Waals surface area contributed by atoms with Crippen LogP contribution in [0.3, 0.4) is 0 Å². The molecule has 1 heterocycles. The number of aromatic nitrogens is 1. The number of nitriles is 1. The second-order valence-electron chi connectivity index (χ2n) is 4.41. The van der Waals surface area contributed by atoms with E-state index in [9.17, 15) is 9.59 Å². The monoisotopic (exact) mass is 267 g/mol. The number of hydrogen-bond donors (Lipinski definition) is 2. The summed E-state index contributed by atoms with van der Waals surface area (Å²) in [5.41, 5.74) is 1.99. The van der Waals surface area contributed by atoms with Crippen molar-refractivity contribution in [1.82, 2.24) is 4.98 Å². The van der Waals surface area contributed by atoms with E-state index < -0.39 is 5.56 Å². The number of rotatable bonds is 2. The van der Waals surface area contributed by atoms with Gasteiger partial charge in [-0.05, 0) is 19.1 Å². The Bertz CT molecular complexity index is 769. The second-order valence-corrected chi connectivity index (χ2v) is 4.41. The molecule has 2 N–H and O–H groups in total. The number of aryl methyl sites for hydroxylation is 1. The normalized spacial score (nSPS) is 9.85. The Morgan fingerprint density at radius 3 is 2.65 bits per heavy atom. The average Bonchev–Trinajstić information content (AvgIpc) is 2.38. The minimum Gasteiger partial charge on any atom is -0.326 e. The summed E-state index contributed by atoms with van der Waals surface area (Å²) >= 11 is 0. The van der Waals surface area contributed by atoms with Crippen molar-refractivity contribution in [3.8, 4) is 17.2 Å². The highest BCUT2D eigenvalue weighted by Crippen LogP contribution is 2.29. The van der Waals surface area contributed by atoms with Crippen molar-refractivity contribution in [2.24, 2.45) is 0 Å². The molecule has 100 valence electrons. The highest BCUT2D eigenvalue weighted by molar-refractivity contribution is 5.94. The van der Waals surface area contributed by atoms with E-state index in [-0.39, 0.29) is 11.5 Å². The lowest BCUT2D eigenvalue weighted by molar-refractivity contribution is -0.114. The van der Waals surface area contributed by atoms with Gasteiger partial charge in [-0.3, -0.25) is 9.59 Å². The van der Waals surface area contributed by atoms with Crippen molar-refractivity contribution in [2.45, 2.75) is 13.8 Å². The Kier molecular flexibility index (Phi) is 3.67. The van der Waals surface area contributed by atoms with E-state index >= 15 is 0 Å². The van der Waals surface area contributed by atoms with Crippen LogP contribution in [0.2, 0.25) is 0 Å². The molecule has 1 amide bonds. The first-order valence-corrected chi connectivity index (χ1v) is 6.04. The third kappa shape index (κ3) is 2.59. The summed E-state index contributed by atoms with van der Waals surface area (Å²) in [6, 6.07) is 10.7. The fourth-order valence-electron chi connectivity index (χ4n) is 2.03. The molecule has 0 unspecified atom stereocenters. The van der Waals surface area contributed by atoms with E-state index in [2.05, 4.69) is 10.3 Å². The minimum atomic E-state index is -0.430. The predicted octanol–water partition coefficient (Wildman–Crippen LogP) is 2.18. The van der Waals surface area contributed by atoms with Gasteiger partial charge in [-0.25, -0.2) is 0 Å². The van der Waals surface area contributed by atoms with E-state index in [1.54, 1.807) is 37.3 Å². The number of nitrogens with zero attached hydrogens (tertiary/aromatic N) is 1. The zero-order valence-electron chi connectivity index (χ0n) is 11.2. The number of carbonyl (C=O) groups is 1. The lowest BCUT2D eigenvalue weighted by Crippen LogP contribution is -2.14. The van der Waals surface area contributed by atoms with Gasteiger partial charge in [0.05, 0.1) is 0 Å². The van der Waals surface area contributed by atoms with Crippen LogP contribution < -0.4 is 10.9 Å². The molecular formula is C15H13N3O2. The van der Waals surface area contributed by atoms with Crippen LogP contribution in [0.1, 0.15) is 18.2 Å². The number of amides is 1. The van der Waals surface area contributed by atoms with Gasteiger partial charge in [-0.2, -0.15) is 5.26 Å². The lowest BCUT2D eigenvalue weighted by atomic mass is 9.99. The SMILES string of the molecule is CC(=O)Nc1ccccc1-c1cc(C)[nH]c(=O)c1C#N. The fraction of sp³-hybridized carbons (Fsp3) is 0.133. The van der Waals surface area contributed by atoms with Crippen molar-refractivity contribution >= 4 is 11.6 Å². The van der Waals surface area contributed by atoms with Crippen LogP contribution >= 0.6 is 0 Å². The minimum absolute atomic E-state index is 0.0356. The van der Waals surface area contributed by atoms with E-state index in [0.717, 1.165) is 0 Å². The van der Waals surface area contributed by atoms with Crippen molar-refractivity contribution < 1.29 is 4.79 Å². The topological polar surface area (TPSA) is 85.8 Å². The Balaban J connectivity index is 2.72. The van der Waals surface area contributed by atoms with Gasteiger partial charge >= 0.3 is 0 Å². The van der Waals surface area contributed by atoms with Crippen molar-refractivity contribution in [3.63, 3.8) is 0 Å². The molecule has 0 fully saturated rings. The Labute approximate surface area is 115 Å². The summed E-state index contributed by atoms with van der Waals surface area (Å²) in [5, 5.41) is 11.9. The Morgan fingerprint density at radius 2 is 2.00 bits per heavy atom. The number of hydrogen-bond acceptors (Lipinski definition) is 3. The molecule has 0 aliphatic carbocycles. The molecule has 5 heteroatoms. The number of carbonyl (C=O) groups excluding carboxylic acids is 1. The molecule has 1 aromatic heterocycles. The van der Waals surface area contributed by atoms with Crippen LogP contribution in [0.15, 0.2) is 35.1 Å². The van der Waals surface area contributed by atoms with Gasteiger partial charge in [-0.1, -0.05) is 18.2 Å². The van der Waals surface area contributed by atoms with Crippen molar-refractivity contribution in [3.05, 3.63) is 51.9 Å². The molecule has 0 spiro atoms. The second kappa shape index (κ2) is 5.41. The molecule has 0 atom stereocenters. The van der Waals surface area contributed by atoms with Crippen LogP contribution in [0, 0.1) is 18.3 Å². The Morgan fingerprint density at radius 1 is 1.30 bits per heavy atom. The number of benzene rings is 1. The molecule has 0 radical (unpaired) electrons. The van der Waals surface area contributed by atoms with Gasteiger partial charge < -0.3 is 10.3 Å². The summed E-state index contributed by atoms with van der Waals surface area (Å²) in [6.07, 6.45) is 0. The van der Waals surface area contributed by atoms with Crippen molar-refractivity contribution in [2.75, 3.05) is 5.32 Å². The molecule has 2 aromatic rings. The standard InChI is InChI=1S/C15H13N3O2/c1-9-7-12(13(8-16)15(20)17-9)11-5-3-4-6-14(11)18-10(2)19/h3-7H,1-2H3,(H,17,20)(H,18,19). The molecule has 0 aliphatic rings. The van der Waals surface area contributed by atoms with Crippen LogP contribution in [0.4, 0.5) is 5.69 Å². The quantitative estimate of drug-likeness (QED) is 0.874. The molecular weight excluding hydrogens is 254 g/mol. The summed E-state index contributed by atoms with van der Waals surface area (Å²) in [6.45, 7) is 3.15. The van der Waals surface area contributed by atoms with Gasteiger partial charge in [0.1, 0.15) is 11.6 Å².